The van der Waals surface area contributed by atoms with E-state index < -0.39 is 0 Å². The molecular formula is C13H18N4O. The smallest absolute Gasteiger partial charge is 0.239 e. The third-order valence-electron chi connectivity index (χ3n) is 3.34. The van der Waals surface area contributed by atoms with Gasteiger partial charge in [0.25, 0.3) is 0 Å². The Bertz CT molecular complexity index is 427. The van der Waals surface area contributed by atoms with Gasteiger partial charge in [0, 0.05) is 31.9 Å². The second-order valence-electron chi connectivity index (χ2n) is 4.95. The quantitative estimate of drug-likeness (QED) is 0.800. The predicted octanol–water partition coefficient (Wildman–Crippen LogP) is 0.270. The van der Waals surface area contributed by atoms with E-state index >= 15 is 0 Å². The second kappa shape index (κ2) is 4.94. The highest BCUT2D eigenvalue weighted by atomic mass is 16.2. The van der Waals surface area contributed by atoms with Crippen molar-refractivity contribution in [2.75, 3.05) is 24.5 Å². The van der Waals surface area contributed by atoms with Gasteiger partial charge in [-0.15, -0.1) is 0 Å². The molecule has 0 bridgehead atoms. The summed E-state index contributed by atoms with van der Waals surface area (Å²) in [4.78, 5) is 17.8. The van der Waals surface area contributed by atoms with E-state index in [1.54, 1.807) is 0 Å². The van der Waals surface area contributed by atoms with E-state index in [1.165, 1.54) is 18.4 Å². The lowest BCUT2D eigenvalue weighted by Gasteiger charge is -2.27. The van der Waals surface area contributed by atoms with E-state index in [9.17, 15) is 4.79 Å². The van der Waals surface area contributed by atoms with Gasteiger partial charge < -0.3 is 15.5 Å². The molecule has 0 aromatic carbocycles. The Balaban J connectivity index is 1.60. The van der Waals surface area contributed by atoms with Crippen molar-refractivity contribution in [1.29, 1.82) is 0 Å². The molecule has 2 N–H and O–H groups in total. The molecule has 0 radical (unpaired) electrons. The van der Waals surface area contributed by atoms with Crippen LogP contribution in [0.15, 0.2) is 18.3 Å². The Morgan fingerprint density at radius 2 is 2.33 bits per heavy atom. The molecule has 1 aromatic heterocycles. The number of carbonyl (C=O) groups excluding carboxylic acids is 1. The summed E-state index contributed by atoms with van der Waals surface area (Å²) < 4.78 is 0. The van der Waals surface area contributed by atoms with Crippen molar-refractivity contribution in [2.45, 2.75) is 25.4 Å². The van der Waals surface area contributed by atoms with E-state index in [2.05, 4.69) is 21.7 Å². The van der Waals surface area contributed by atoms with Crippen molar-refractivity contribution in [3.05, 3.63) is 23.9 Å². The summed E-state index contributed by atoms with van der Waals surface area (Å²) in [5, 5.41) is 6.28. The van der Waals surface area contributed by atoms with Gasteiger partial charge in [0.1, 0.15) is 5.82 Å². The molecule has 3 rings (SSSR count). The topological polar surface area (TPSA) is 57.3 Å². The minimum Gasteiger partial charge on any atom is -0.353 e. The van der Waals surface area contributed by atoms with Crippen LogP contribution in [0.5, 0.6) is 0 Å². The van der Waals surface area contributed by atoms with Gasteiger partial charge in [-0.05, 0) is 24.5 Å². The molecule has 1 aromatic rings. The van der Waals surface area contributed by atoms with Crippen LogP contribution in [0.2, 0.25) is 0 Å². The number of rotatable bonds is 4. The van der Waals surface area contributed by atoms with Crippen molar-refractivity contribution in [2.24, 2.45) is 0 Å². The van der Waals surface area contributed by atoms with Crippen LogP contribution in [0.4, 0.5) is 5.82 Å². The summed E-state index contributed by atoms with van der Waals surface area (Å²) in [7, 11) is 0. The number of aromatic nitrogens is 1. The molecule has 1 aliphatic heterocycles. The van der Waals surface area contributed by atoms with Crippen molar-refractivity contribution >= 4 is 11.7 Å². The average Bonchev–Trinajstić information content (AvgIpc) is 3.21. The summed E-state index contributed by atoms with van der Waals surface area (Å²) in [5.74, 6) is 0.961. The standard InChI is InChI=1S/C13H18N4O/c18-13-9-17(6-5-14-13)12-4-1-10(8-16-12)7-15-11-2-3-11/h1,4,8,11,15H,2-3,5-7,9H2,(H,14,18). The van der Waals surface area contributed by atoms with Gasteiger partial charge in [0.05, 0.1) is 6.54 Å². The van der Waals surface area contributed by atoms with Crippen LogP contribution in [0.1, 0.15) is 18.4 Å². The molecule has 2 heterocycles. The van der Waals surface area contributed by atoms with E-state index in [4.69, 9.17) is 0 Å². The Labute approximate surface area is 107 Å². The molecule has 0 spiro atoms. The maximum Gasteiger partial charge on any atom is 0.239 e. The molecule has 2 aliphatic rings. The Morgan fingerprint density at radius 3 is 3.00 bits per heavy atom. The fourth-order valence-electron chi connectivity index (χ4n) is 2.09. The van der Waals surface area contributed by atoms with Crippen LogP contribution in [0, 0.1) is 0 Å². The minimum absolute atomic E-state index is 0.0718. The first-order chi connectivity index (χ1) is 8.81. The van der Waals surface area contributed by atoms with E-state index in [0.717, 1.165) is 24.9 Å². The zero-order valence-corrected chi connectivity index (χ0v) is 10.4. The van der Waals surface area contributed by atoms with E-state index in [0.29, 0.717) is 13.1 Å². The maximum atomic E-state index is 11.3. The number of anilines is 1. The highest BCUT2D eigenvalue weighted by Crippen LogP contribution is 2.19. The fourth-order valence-corrected chi connectivity index (χ4v) is 2.09. The summed E-state index contributed by atoms with van der Waals surface area (Å²) in [6, 6.07) is 4.81. The van der Waals surface area contributed by atoms with Crippen molar-refractivity contribution < 1.29 is 4.79 Å². The lowest BCUT2D eigenvalue weighted by molar-refractivity contribution is -0.120. The van der Waals surface area contributed by atoms with Crippen molar-refractivity contribution in [1.82, 2.24) is 15.6 Å². The second-order valence-corrected chi connectivity index (χ2v) is 4.95. The van der Waals surface area contributed by atoms with Crippen LogP contribution in [0.3, 0.4) is 0 Å². The number of nitrogens with zero attached hydrogens (tertiary/aromatic N) is 2. The molecule has 5 nitrogen and oxygen atoms in total. The normalized spacial score (nSPS) is 19.8. The third kappa shape index (κ3) is 2.79. The molecular weight excluding hydrogens is 228 g/mol. The van der Waals surface area contributed by atoms with Gasteiger partial charge in [-0.3, -0.25) is 4.79 Å². The molecule has 1 aliphatic carbocycles. The minimum atomic E-state index is 0.0718. The average molecular weight is 246 g/mol. The monoisotopic (exact) mass is 246 g/mol. The number of nitrogens with one attached hydrogen (secondary N) is 2. The van der Waals surface area contributed by atoms with Crippen LogP contribution in [-0.4, -0.2) is 36.6 Å². The largest absolute Gasteiger partial charge is 0.353 e. The highest BCUT2D eigenvalue weighted by Gasteiger charge is 2.20. The van der Waals surface area contributed by atoms with Crippen LogP contribution in [-0.2, 0) is 11.3 Å². The number of hydrogen-bond acceptors (Lipinski definition) is 4. The van der Waals surface area contributed by atoms with E-state index in [-0.39, 0.29) is 5.91 Å². The predicted molar refractivity (Wildman–Crippen MR) is 69.3 cm³/mol. The van der Waals surface area contributed by atoms with Crippen molar-refractivity contribution in [3.8, 4) is 0 Å². The van der Waals surface area contributed by atoms with Gasteiger partial charge in [-0.2, -0.15) is 0 Å². The number of piperazine rings is 1. The van der Waals surface area contributed by atoms with Crippen molar-refractivity contribution in [3.63, 3.8) is 0 Å². The molecule has 1 amide bonds. The number of carbonyl (C=O) groups is 1. The molecule has 1 saturated carbocycles. The van der Waals surface area contributed by atoms with Crippen LogP contribution < -0.4 is 15.5 Å². The number of amides is 1. The lowest BCUT2D eigenvalue weighted by Crippen LogP contribution is -2.48. The molecule has 0 unspecified atom stereocenters. The number of pyridine rings is 1. The zero-order valence-electron chi connectivity index (χ0n) is 10.4. The van der Waals surface area contributed by atoms with Gasteiger partial charge in [0.2, 0.25) is 5.91 Å². The molecule has 18 heavy (non-hydrogen) atoms. The highest BCUT2D eigenvalue weighted by molar-refractivity contribution is 5.82. The van der Waals surface area contributed by atoms with Crippen LogP contribution in [0.25, 0.3) is 0 Å². The maximum absolute atomic E-state index is 11.3. The SMILES string of the molecule is O=C1CN(c2ccc(CNC3CC3)cn2)CCN1. The fraction of sp³-hybridized carbons (Fsp3) is 0.538. The first kappa shape index (κ1) is 11.5. The van der Waals surface area contributed by atoms with Gasteiger partial charge >= 0.3 is 0 Å². The Hall–Kier alpha value is -1.62. The summed E-state index contributed by atoms with van der Waals surface area (Å²) >= 11 is 0. The molecule has 1 saturated heterocycles. The summed E-state index contributed by atoms with van der Waals surface area (Å²) in [5.41, 5.74) is 1.20. The lowest BCUT2D eigenvalue weighted by atomic mass is 10.2. The van der Waals surface area contributed by atoms with Gasteiger partial charge in [-0.25, -0.2) is 4.98 Å². The first-order valence-corrected chi connectivity index (χ1v) is 6.51. The third-order valence-corrected chi connectivity index (χ3v) is 3.34. The Kier molecular flexibility index (Phi) is 3.15. The summed E-state index contributed by atoms with van der Waals surface area (Å²) in [6.07, 6.45) is 4.50. The Morgan fingerprint density at radius 1 is 1.44 bits per heavy atom. The molecule has 0 atom stereocenters. The van der Waals surface area contributed by atoms with Gasteiger partial charge in [-0.1, -0.05) is 6.07 Å². The molecule has 96 valence electrons. The summed E-state index contributed by atoms with van der Waals surface area (Å²) in [6.45, 7) is 2.83. The molecule has 2 fully saturated rings. The zero-order chi connectivity index (χ0) is 12.4. The first-order valence-electron chi connectivity index (χ1n) is 6.51. The van der Waals surface area contributed by atoms with Crippen LogP contribution >= 0.6 is 0 Å². The molecule has 5 heteroatoms. The van der Waals surface area contributed by atoms with E-state index in [1.807, 2.05) is 17.2 Å². The van der Waals surface area contributed by atoms with Gasteiger partial charge in [0.15, 0.2) is 0 Å². The number of hydrogen-bond donors (Lipinski definition) is 2.